The van der Waals surface area contributed by atoms with Gasteiger partial charge in [-0.3, -0.25) is 0 Å². The minimum atomic E-state index is 0.551. The molecule has 0 N–H and O–H groups in total. The SMILES string of the molecule is c1coc(-c2sc(-c3ccco3)c3c2OCCO3)c1. The van der Waals surface area contributed by atoms with Gasteiger partial charge in [-0.1, -0.05) is 0 Å². The zero-order chi connectivity index (χ0) is 12.7. The average molecular weight is 274 g/mol. The van der Waals surface area contributed by atoms with Crippen LogP contribution in [0.5, 0.6) is 11.5 Å². The van der Waals surface area contributed by atoms with Gasteiger partial charge in [0, 0.05) is 0 Å². The Hall–Kier alpha value is -2.14. The molecule has 0 fully saturated rings. The number of ether oxygens (including phenoxy) is 2. The van der Waals surface area contributed by atoms with E-state index in [4.69, 9.17) is 18.3 Å². The van der Waals surface area contributed by atoms with E-state index in [2.05, 4.69) is 0 Å². The van der Waals surface area contributed by atoms with Gasteiger partial charge >= 0.3 is 0 Å². The van der Waals surface area contributed by atoms with Crippen molar-refractivity contribution in [3.8, 4) is 32.8 Å². The summed E-state index contributed by atoms with van der Waals surface area (Å²) in [6, 6.07) is 7.54. The van der Waals surface area contributed by atoms with E-state index in [-0.39, 0.29) is 0 Å². The molecule has 0 saturated carbocycles. The Labute approximate surface area is 113 Å². The Morgan fingerprint density at radius 1 is 0.789 bits per heavy atom. The van der Waals surface area contributed by atoms with Crippen molar-refractivity contribution < 1.29 is 18.3 Å². The van der Waals surface area contributed by atoms with E-state index < -0.39 is 0 Å². The molecule has 0 bridgehead atoms. The van der Waals surface area contributed by atoms with Gasteiger partial charge in [-0.2, -0.15) is 0 Å². The highest BCUT2D eigenvalue weighted by Gasteiger charge is 2.28. The summed E-state index contributed by atoms with van der Waals surface area (Å²) in [5.74, 6) is 3.06. The lowest BCUT2D eigenvalue weighted by Gasteiger charge is -2.16. The molecule has 1 aliphatic rings. The van der Waals surface area contributed by atoms with Crippen LogP contribution in [-0.4, -0.2) is 13.2 Å². The second kappa shape index (κ2) is 4.20. The molecule has 4 nitrogen and oxygen atoms in total. The summed E-state index contributed by atoms with van der Waals surface area (Å²) in [6.07, 6.45) is 3.30. The van der Waals surface area contributed by atoms with E-state index in [0.717, 1.165) is 32.8 Å². The molecule has 0 aliphatic carbocycles. The van der Waals surface area contributed by atoms with E-state index in [0.29, 0.717) is 13.2 Å². The summed E-state index contributed by atoms with van der Waals surface area (Å²) < 4.78 is 22.4. The quantitative estimate of drug-likeness (QED) is 0.707. The average Bonchev–Trinajstić information content (AvgIpc) is 3.18. The molecule has 19 heavy (non-hydrogen) atoms. The largest absolute Gasteiger partial charge is 0.484 e. The lowest BCUT2D eigenvalue weighted by atomic mass is 10.2. The Balaban J connectivity index is 1.93. The lowest BCUT2D eigenvalue weighted by molar-refractivity contribution is 0.174. The number of hydrogen-bond donors (Lipinski definition) is 0. The minimum Gasteiger partial charge on any atom is -0.484 e. The smallest absolute Gasteiger partial charge is 0.183 e. The van der Waals surface area contributed by atoms with E-state index in [9.17, 15) is 0 Å². The van der Waals surface area contributed by atoms with Gasteiger partial charge in [-0.05, 0) is 24.3 Å². The predicted octanol–water partition coefficient (Wildman–Crippen LogP) is 4.04. The zero-order valence-corrected chi connectivity index (χ0v) is 10.7. The maximum absolute atomic E-state index is 5.74. The van der Waals surface area contributed by atoms with Crippen LogP contribution < -0.4 is 9.47 Å². The summed E-state index contributed by atoms with van der Waals surface area (Å²) in [5, 5.41) is 0. The van der Waals surface area contributed by atoms with Crippen LogP contribution in [0, 0.1) is 0 Å². The first-order chi connectivity index (χ1) is 9.43. The Morgan fingerprint density at radius 3 is 1.74 bits per heavy atom. The summed E-state index contributed by atoms with van der Waals surface area (Å²) >= 11 is 1.55. The molecule has 3 aromatic rings. The third-order valence-electron chi connectivity index (χ3n) is 2.89. The van der Waals surface area contributed by atoms with Crippen molar-refractivity contribution in [3.63, 3.8) is 0 Å². The van der Waals surface area contributed by atoms with Gasteiger partial charge in [0.05, 0.1) is 12.5 Å². The van der Waals surface area contributed by atoms with E-state index in [1.165, 1.54) is 0 Å². The van der Waals surface area contributed by atoms with Gasteiger partial charge in [0.2, 0.25) is 0 Å². The molecular formula is C14H10O4S. The number of fused-ring (bicyclic) bond motifs is 1. The number of hydrogen-bond acceptors (Lipinski definition) is 5. The first kappa shape index (κ1) is 10.8. The first-order valence-electron chi connectivity index (χ1n) is 5.93. The second-order valence-electron chi connectivity index (χ2n) is 4.07. The Bertz CT molecular complexity index is 621. The monoisotopic (exact) mass is 274 g/mol. The van der Waals surface area contributed by atoms with Crippen molar-refractivity contribution in [2.75, 3.05) is 13.2 Å². The number of furan rings is 2. The van der Waals surface area contributed by atoms with Crippen molar-refractivity contribution in [2.45, 2.75) is 0 Å². The van der Waals surface area contributed by atoms with Crippen LogP contribution in [0.1, 0.15) is 0 Å². The van der Waals surface area contributed by atoms with Crippen LogP contribution in [0.15, 0.2) is 45.6 Å². The summed E-state index contributed by atoms with van der Waals surface area (Å²) in [7, 11) is 0. The van der Waals surface area contributed by atoms with Crippen LogP contribution in [0.3, 0.4) is 0 Å². The molecule has 0 spiro atoms. The van der Waals surface area contributed by atoms with Gasteiger partial charge in [0.1, 0.15) is 34.5 Å². The van der Waals surface area contributed by atoms with Crippen molar-refractivity contribution in [1.82, 2.24) is 0 Å². The maximum atomic E-state index is 5.74. The van der Waals surface area contributed by atoms with E-state index in [1.807, 2.05) is 24.3 Å². The summed E-state index contributed by atoms with van der Waals surface area (Å²) in [6.45, 7) is 1.10. The molecule has 96 valence electrons. The molecular weight excluding hydrogens is 264 g/mol. The molecule has 4 heterocycles. The van der Waals surface area contributed by atoms with Crippen LogP contribution >= 0.6 is 11.3 Å². The normalized spacial score (nSPS) is 13.7. The molecule has 0 aromatic carbocycles. The van der Waals surface area contributed by atoms with Gasteiger partial charge in [-0.25, -0.2) is 0 Å². The molecule has 0 radical (unpaired) electrons. The molecule has 5 heteroatoms. The number of thiophene rings is 1. The van der Waals surface area contributed by atoms with Crippen LogP contribution in [0.2, 0.25) is 0 Å². The molecule has 0 amide bonds. The highest BCUT2D eigenvalue weighted by atomic mass is 32.1. The third-order valence-corrected chi connectivity index (χ3v) is 4.07. The summed E-state index contributed by atoms with van der Waals surface area (Å²) in [4.78, 5) is 1.87. The second-order valence-corrected chi connectivity index (χ2v) is 5.09. The first-order valence-corrected chi connectivity index (χ1v) is 6.75. The van der Waals surface area contributed by atoms with Gasteiger partial charge in [0.15, 0.2) is 11.5 Å². The maximum Gasteiger partial charge on any atom is 0.183 e. The molecule has 0 unspecified atom stereocenters. The molecule has 0 saturated heterocycles. The third kappa shape index (κ3) is 1.66. The lowest BCUT2D eigenvalue weighted by Crippen LogP contribution is -2.14. The van der Waals surface area contributed by atoms with Crippen molar-refractivity contribution in [2.24, 2.45) is 0 Å². The van der Waals surface area contributed by atoms with Gasteiger partial charge in [0.25, 0.3) is 0 Å². The highest BCUT2D eigenvalue weighted by Crippen LogP contribution is 2.53. The molecule has 0 atom stereocenters. The molecule has 4 rings (SSSR count). The molecule has 1 aliphatic heterocycles. The Kier molecular flexibility index (Phi) is 2.38. The number of rotatable bonds is 2. The van der Waals surface area contributed by atoms with Crippen molar-refractivity contribution in [3.05, 3.63) is 36.8 Å². The van der Waals surface area contributed by atoms with E-state index in [1.54, 1.807) is 23.9 Å². The van der Waals surface area contributed by atoms with Crippen LogP contribution in [-0.2, 0) is 0 Å². The fourth-order valence-corrected chi connectivity index (χ4v) is 3.22. The fourth-order valence-electron chi connectivity index (χ4n) is 2.09. The van der Waals surface area contributed by atoms with Crippen molar-refractivity contribution >= 4 is 11.3 Å². The highest BCUT2D eigenvalue weighted by molar-refractivity contribution is 7.19. The van der Waals surface area contributed by atoms with Gasteiger partial charge < -0.3 is 18.3 Å². The zero-order valence-electron chi connectivity index (χ0n) is 9.92. The minimum absolute atomic E-state index is 0.551. The summed E-state index contributed by atoms with van der Waals surface area (Å²) in [5.41, 5.74) is 0. The standard InChI is InChI=1S/C14H10O4S/c1-3-9(15-5-1)13-11-12(18-8-7-17-11)14(19-13)10-4-2-6-16-10/h1-6H,7-8H2. The van der Waals surface area contributed by atoms with Crippen molar-refractivity contribution in [1.29, 1.82) is 0 Å². The topological polar surface area (TPSA) is 44.7 Å². The van der Waals surface area contributed by atoms with Gasteiger partial charge in [-0.15, -0.1) is 11.3 Å². The van der Waals surface area contributed by atoms with Crippen LogP contribution in [0.4, 0.5) is 0 Å². The molecule has 3 aromatic heterocycles. The Morgan fingerprint density at radius 2 is 1.32 bits per heavy atom. The predicted molar refractivity (Wildman–Crippen MR) is 70.7 cm³/mol. The van der Waals surface area contributed by atoms with Crippen LogP contribution in [0.25, 0.3) is 21.3 Å². The van der Waals surface area contributed by atoms with E-state index >= 15 is 0 Å². The fraction of sp³-hybridized carbons (Fsp3) is 0.143.